The van der Waals surface area contributed by atoms with Crippen LogP contribution in [-0.4, -0.2) is 10.9 Å². The molecule has 4 heteroatoms. The number of nitriles is 1. The molecule has 0 aliphatic rings. The molecule has 1 aromatic heterocycles. The molecule has 0 aromatic carbocycles. The number of halogens is 1. The number of rotatable bonds is 0. The molecule has 0 aliphatic heterocycles. The molecule has 0 atom stereocenters. The molecule has 0 spiro atoms. The summed E-state index contributed by atoms with van der Waals surface area (Å²) in [5, 5.41) is 8.52. The van der Waals surface area contributed by atoms with Crippen LogP contribution in [0.4, 0.5) is 0 Å². The highest BCUT2D eigenvalue weighted by Crippen LogP contribution is 1.94. The van der Waals surface area contributed by atoms with E-state index in [4.69, 9.17) is 16.9 Å². The summed E-state index contributed by atoms with van der Waals surface area (Å²) >= 11 is 5.35. The largest absolute Gasteiger partial charge is 0.327 e. The maximum absolute atomic E-state index is 10.9. The van der Waals surface area contributed by atoms with Crippen molar-refractivity contribution in [1.82, 2.24) is 4.98 Å². The van der Waals surface area contributed by atoms with Gasteiger partial charge in [-0.25, -0.2) is 0 Å². The van der Waals surface area contributed by atoms with Crippen LogP contribution in [0.25, 0.3) is 0 Å². The number of aromatic nitrogens is 1. The third kappa shape index (κ3) is 2.37. The van der Waals surface area contributed by atoms with Gasteiger partial charge in [0.1, 0.15) is 11.6 Å². The summed E-state index contributed by atoms with van der Waals surface area (Å²) in [5.41, 5.74) is 0.233. The molecule has 1 aromatic rings. The molecule has 1 N–H and O–H groups in total. The number of hydrogen-bond acceptors (Lipinski definition) is 2. The Morgan fingerprint density at radius 1 is 1.62 bits per heavy atom. The quantitative estimate of drug-likeness (QED) is 0.489. The molecule has 0 aliphatic carbocycles. The molecule has 0 bridgehead atoms. The molecule has 0 radical (unpaired) electrons. The summed E-state index contributed by atoms with van der Waals surface area (Å²) in [6, 6.07) is 3.20. The van der Waals surface area contributed by atoms with E-state index in [0.717, 1.165) is 0 Å². The number of nitrogens with zero attached hydrogens (tertiary/aromatic N) is 1. The van der Waals surface area contributed by atoms with Crippen LogP contribution in [0.15, 0.2) is 17.1 Å². The third-order valence-corrected chi connectivity index (χ3v) is 1.46. The minimum absolute atomic E-state index is 0.0568. The van der Waals surface area contributed by atoms with Crippen LogP contribution in [0, 0.1) is 23.2 Å². The van der Waals surface area contributed by atoms with E-state index in [1.54, 1.807) is 6.07 Å². The summed E-state index contributed by atoms with van der Waals surface area (Å²) in [7, 11) is 0. The Hall–Kier alpha value is -1.71. The summed E-state index contributed by atoms with van der Waals surface area (Å²) in [4.78, 5) is 13.3. The zero-order valence-corrected chi connectivity index (χ0v) is 7.35. The fourth-order valence-electron chi connectivity index (χ4n) is 0.774. The van der Waals surface area contributed by atoms with Gasteiger partial charge in [-0.2, -0.15) is 5.26 Å². The van der Waals surface area contributed by atoms with Crippen LogP contribution in [0.5, 0.6) is 0 Å². The average molecular weight is 193 g/mol. The molecule has 0 fully saturated rings. The van der Waals surface area contributed by atoms with Gasteiger partial charge in [-0.15, -0.1) is 11.6 Å². The Bertz CT molecular complexity index is 459. The normalized spacial score (nSPS) is 8.31. The van der Waals surface area contributed by atoms with E-state index in [0.29, 0.717) is 5.56 Å². The molecule has 1 heterocycles. The van der Waals surface area contributed by atoms with Crippen molar-refractivity contribution in [3.05, 3.63) is 33.7 Å². The molecular formula is C9H5ClN2O. The highest BCUT2D eigenvalue weighted by Gasteiger charge is 1.97. The van der Waals surface area contributed by atoms with Crippen LogP contribution >= 0.6 is 11.6 Å². The van der Waals surface area contributed by atoms with Crippen LogP contribution in [0.3, 0.4) is 0 Å². The van der Waals surface area contributed by atoms with E-state index < -0.39 is 5.56 Å². The standard InChI is InChI=1S/C9H5ClN2O/c10-3-1-2-7-4-8(5-11)9(13)12-6-7/h4,6H,3H2,(H,12,13). The van der Waals surface area contributed by atoms with E-state index in [-0.39, 0.29) is 11.4 Å². The summed E-state index contributed by atoms with van der Waals surface area (Å²) in [5.74, 6) is 5.54. The van der Waals surface area contributed by atoms with E-state index in [2.05, 4.69) is 16.8 Å². The summed E-state index contributed by atoms with van der Waals surface area (Å²) < 4.78 is 0. The van der Waals surface area contributed by atoms with Gasteiger partial charge in [-0.1, -0.05) is 11.8 Å². The Balaban J connectivity index is 3.16. The molecule has 0 unspecified atom stereocenters. The van der Waals surface area contributed by atoms with Crippen molar-refractivity contribution in [1.29, 1.82) is 5.26 Å². The van der Waals surface area contributed by atoms with Crippen molar-refractivity contribution in [2.24, 2.45) is 0 Å². The number of nitrogens with one attached hydrogen (secondary N) is 1. The van der Waals surface area contributed by atoms with Gasteiger partial charge < -0.3 is 4.98 Å². The first-order chi connectivity index (χ1) is 6.27. The maximum Gasteiger partial charge on any atom is 0.265 e. The van der Waals surface area contributed by atoms with Crippen molar-refractivity contribution >= 4 is 11.6 Å². The molecule has 13 heavy (non-hydrogen) atoms. The van der Waals surface area contributed by atoms with Crippen molar-refractivity contribution in [3.63, 3.8) is 0 Å². The monoisotopic (exact) mass is 192 g/mol. The third-order valence-electron chi connectivity index (χ3n) is 1.32. The number of pyridine rings is 1. The maximum atomic E-state index is 10.9. The van der Waals surface area contributed by atoms with Crippen LogP contribution in [-0.2, 0) is 0 Å². The molecule has 1 rings (SSSR count). The minimum atomic E-state index is -0.404. The van der Waals surface area contributed by atoms with Crippen molar-refractivity contribution in [3.8, 4) is 17.9 Å². The Labute approximate surface area is 80.0 Å². The van der Waals surface area contributed by atoms with Gasteiger partial charge in [0, 0.05) is 11.8 Å². The van der Waals surface area contributed by atoms with E-state index >= 15 is 0 Å². The van der Waals surface area contributed by atoms with Crippen LogP contribution in [0.2, 0.25) is 0 Å². The van der Waals surface area contributed by atoms with Crippen molar-refractivity contribution in [2.75, 3.05) is 5.88 Å². The molecule has 0 saturated heterocycles. The van der Waals surface area contributed by atoms with Crippen LogP contribution in [0.1, 0.15) is 11.1 Å². The SMILES string of the molecule is N#Cc1cc(C#CCCl)c[nH]c1=O. The fraction of sp³-hybridized carbons (Fsp3) is 0.111. The number of aromatic amines is 1. The highest BCUT2D eigenvalue weighted by molar-refractivity contribution is 6.19. The number of H-pyrrole nitrogens is 1. The molecular weight excluding hydrogens is 188 g/mol. The fourth-order valence-corrected chi connectivity index (χ4v) is 0.841. The van der Waals surface area contributed by atoms with E-state index in [1.807, 2.05) is 0 Å². The number of alkyl halides is 1. The lowest BCUT2D eigenvalue weighted by Gasteiger charge is -1.89. The van der Waals surface area contributed by atoms with Crippen molar-refractivity contribution in [2.45, 2.75) is 0 Å². The zero-order valence-electron chi connectivity index (χ0n) is 6.60. The highest BCUT2D eigenvalue weighted by atomic mass is 35.5. The lowest BCUT2D eigenvalue weighted by molar-refractivity contribution is 1.20. The van der Waals surface area contributed by atoms with Crippen molar-refractivity contribution < 1.29 is 0 Å². The lowest BCUT2D eigenvalue weighted by Crippen LogP contribution is -2.09. The van der Waals surface area contributed by atoms with Gasteiger partial charge in [0.15, 0.2) is 0 Å². The Morgan fingerprint density at radius 2 is 2.38 bits per heavy atom. The van der Waals surface area contributed by atoms with Gasteiger partial charge in [0.2, 0.25) is 0 Å². The smallest absolute Gasteiger partial charge is 0.265 e. The minimum Gasteiger partial charge on any atom is -0.327 e. The van der Waals surface area contributed by atoms with E-state index in [1.165, 1.54) is 12.3 Å². The first kappa shape index (κ1) is 9.38. The molecule has 3 nitrogen and oxygen atoms in total. The Kier molecular flexibility index (Phi) is 3.14. The summed E-state index contributed by atoms with van der Waals surface area (Å²) in [6.07, 6.45) is 1.45. The number of hydrogen-bond donors (Lipinski definition) is 1. The van der Waals surface area contributed by atoms with E-state index in [9.17, 15) is 4.79 Å². The average Bonchev–Trinajstić information content (AvgIpc) is 2.16. The molecule has 0 amide bonds. The van der Waals surface area contributed by atoms with Gasteiger partial charge in [-0.3, -0.25) is 4.79 Å². The van der Waals surface area contributed by atoms with Gasteiger partial charge >= 0.3 is 0 Å². The predicted molar refractivity (Wildman–Crippen MR) is 49.4 cm³/mol. The summed E-state index contributed by atoms with van der Waals surface area (Å²) in [6.45, 7) is 0. The second-order valence-corrected chi connectivity index (χ2v) is 2.45. The van der Waals surface area contributed by atoms with Gasteiger partial charge in [0.25, 0.3) is 5.56 Å². The predicted octanol–water partition coefficient (Wildman–Crippen LogP) is 0.837. The van der Waals surface area contributed by atoms with Crippen LogP contribution < -0.4 is 5.56 Å². The zero-order chi connectivity index (χ0) is 9.68. The molecule has 64 valence electrons. The van der Waals surface area contributed by atoms with Gasteiger partial charge in [-0.05, 0) is 6.07 Å². The second kappa shape index (κ2) is 4.35. The topological polar surface area (TPSA) is 56.6 Å². The first-order valence-corrected chi connectivity index (χ1v) is 3.99. The molecule has 0 saturated carbocycles. The van der Waals surface area contributed by atoms with Gasteiger partial charge in [0.05, 0.1) is 5.88 Å². The second-order valence-electron chi connectivity index (χ2n) is 2.18. The lowest BCUT2D eigenvalue weighted by atomic mass is 10.2. The first-order valence-electron chi connectivity index (χ1n) is 3.45. The Morgan fingerprint density at radius 3 is 3.00 bits per heavy atom.